The van der Waals surface area contributed by atoms with E-state index in [2.05, 4.69) is 4.52 Å². The Balaban J connectivity index is 2.75. The lowest BCUT2D eigenvalue weighted by Gasteiger charge is -1.57. The summed E-state index contributed by atoms with van der Waals surface area (Å²) in [5.41, 5.74) is 0. The van der Waals surface area contributed by atoms with Gasteiger partial charge in [-0.2, -0.15) is 0 Å². The molecule has 0 aromatic rings. The van der Waals surface area contributed by atoms with E-state index in [1.54, 1.807) is 0 Å². The van der Waals surface area contributed by atoms with Gasteiger partial charge in [0, 0.05) is 0 Å². The van der Waals surface area contributed by atoms with Crippen molar-refractivity contribution in [3.63, 3.8) is 0 Å². The van der Waals surface area contributed by atoms with Gasteiger partial charge in [-0.3, -0.25) is 0 Å². The highest BCUT2D eigenvalue weighted by Gasteiger charge is 1.62. The zero-order valence-corrected chi connectivity index (χ0v) is 3.11. The lowest BCUT2D eigenvalue weighted by molar-refractivity contribution is 0.499. The fraction of sp³-hybridized carbons (Fsp3) is 0. The van der Waals surface area contributed by atoms with Crippen LogP contribution in [0.4, 0.5) is 0 Å². The second kappa shape index (κ2) is 3.39. The summed E-state index contributed by atoms with van der Waals surface area (Å²) in [4.78, 5) is 0. The molecule has 0 aromatic carbocycles. The largest absolute Gasteiger partial charge is 0.406 e. The van der Waals surface area contributed by atoms with Crippen molar-refractivity contribution in [1.82, 2.24) is 0 Å². The van der Waals surface area contributed by atoms with Crippen LogP contribution in [-0.2, 0) is 9.09 Å². The molecule has 0 aliphatic heterocycles. The highest BCUT2D eigenvalue weighted by atomic mass is 31.1. The topological polar surface area (TPSA) is 50.1 Å². The van der Waals surface area contributed by atoms with Crippen LogP contribution in [0.15, 0.2) is 0 Å². The van der Waals surface area contributed by atoms with Crippen LogP contribution in [-0.4, -0.2) is 0 Å². The summed E-state index contributed by atoms with van der Waals surface area (Å²) in [6.45, 7) is 0. The molecule has 0 heterocycles. The Bertz CT molecular complexity index is 64.5. The van der Waals surface area contributed by atoms with Crippen molar-refractivity contribution in [2.45, 2.75) is 0 Å². The SMILES string of the molecule is N#COP=O. The van der Waals surface area contributed by atoms with Crippen LogP contribution in [0.3, 0.4) is 0 Å². The maximum Gasteiger partial charge on any atom is 0.406 e. The first kappa shape index (κ1) is 4.39. The summed E-state index contributed by atoms with van der Waals surface area (Å²) in [5, 5.41) is 7.39. The Labute approximate surface area is 30.5 Å². The van der Waals surface area contributed by atoms with Crippen LogP contribution in [0.5, 0.6) is 0 Å². The standard InChI is InChI=1S/CNO2P/c2-1-4-5-3. The molecule has 0 saturated carbocycles. The van der Waals surface area contributed by atoms with Crippen LogP contribution in [0.2, 0.25) is 0 Å². The molecular weight excluding hydrogens is 89.0 g/mol. The van der Waals surface area contributed by atoms with Crippen LogP contribution < -0.4 is 0 Å². The molecule has 5 heavy (non-hydrogen) atoms. The molecule has 0 rings (SSSR count). The van der Waals surface area contributed by atoms with Gasteiger partial charge in [0.25, 0.3) is 6.26 Å². The molecule has 0 fully saturated rings. The minimum absolute atomic E-state index is 0.581. The first-order valence-electron chi connectivity index (χ1n) is 0.793. The fourth-order valence-electron chi connectivity index (χ4n) is 0.0167. The molecule has 26 valence electrons. The van der Waals surface area contributed by atoms with Crippen molar-refractivity contribution in [3.05, 3.63) is 0 Å². The molecular formula is CNO2P. The maximum atomic E-state index is 9.06. The molecule has 0 saturated heterocycles. The zero-order chi connectivity index (χ0) is 4.12. The zero-order valence-electron chi connectivity index (χ0n) is 2.21. The molecule has 0 amide bonds. The van der Waals surface area contributed by atoms with E-state index in [9.17, 15) is 0 Å². The van der Waals surface area contributed by atoms with E-state index in [4.69, 9.17) is 9.83 Å². The predicted octanol–water partition coefficient (Wildman–Crippen LogP) is 0.691. The molecule has 0 spiro atoms. The molecule has 4 heteroatoms. The minimum atomic E-state index is -0.581. The van der Waals surface area contributed by atoms with Crippen molar-refractivity contribution < 1.29 is 9.09 Å². The van der Waals surface area contributed by atoms with E-state index in [-0.39, 0.29) is 0 Å². The van der Waals surface area contributed by atoms with Crippen molar-refractivity contribution in [3.8, 4) is 6.26 Å². The second-order valence-corrected chi connectivity index (χ2v) is 0.589. The number of hydrogen-bond acceptors (Lipinski definition) is 3. The summed E-state index contributed by atoms with van der Waals surface area (Å²) in [7, 11) is -0.581. The van der Waals surface area contributed by atoms with E-state index in [1.165, 1.54) is 6.26 Å². The molecule has 0 aromatic heterocycles. The van der Waals surface area contributed by atoms with Crippen molar-refractivity contribution >= 4 is 8.69 Å². The molecule has 0 N–H and O–H groups in total. The normalized spacial score (nSPS) is 6.20. The van der Waals surface area contributed by atoms with Crippen molar-refractivity contribution in [2.24, 2.45) is 0 Å². The highest BCUT2D eigenvalue weighted by Crippen LogP contribution is 1.86. The average molecular weight is 89.0 g/mol. The van der Waals surface area contributed by atoms with Crippen LogP contribution >= 0.6 is 8.69 Å². The highest BCUT2D eigenvalue weighted by molar-refractivity contribution is 7.17. The van der Waals surface area contributed by atoms with E-state index >= 15 is 0 Å². The average Bonchev–Trinajstić information content (AvgIpc) is 1.41. The molecule has 0 radical (unpaired) electrons. The van der Waals surface area contributed by atoms with Crippen molar-refractivity contribution in [2.75, 3.05) is 0 Å². The smallest absolute Gasteiger partial charge is 0.330 e. The summed E-state index contributed by atoms with van der Waals surface area (Å²) in [6.07, 6.45) is 1.19. The molecule has 0 unspecified atom stereocenters. The number of hydrogen-bond donors (Lipinski definition) is 0. The first-order valence-corrected chi connectivity index (χ1v) is 1.52. The molecule has 0 aliphatic carbocycles. The monoisotopic (exact) mass is 89.0 g/mol. The second-order valence-electron chi connectivity index (χ2n) is 0.257. The Morgan fingerprint density at radius 2 is 2.60 bits per heavy atom. The van der Waals surface area contributed by atoms with Crippen molar-refractivity contribution in [1.29, 1.82) is 5.26 Å². The molecule has 0 atom stereocenters. The number of rotatable bonds is 1. The summed E-state index contributed by atoms with van der Waals surface area (Å²) < 4.78 is 12.6. The van der Waals surface area contributed by atoms with Gasteiger partial charge in [-0.15, -0.1) is 5.26 Å². The van der Waals surface area contributed by atoms with E-state index < -0.39 is 8.69 Å². The summed E-state index contributed by atoms with van der Waals surface area (Å²) in [5.74, 6) is 0. The van der Waals surface area contributed by atoms with E-state index in [0.717, 1.165) is 0 Å². The Hall–Kier alpha value is -0.610. The fourth-order valence-corrected chi connectivity index (χ4v) is 0.0500. The first-order chi connectivity index (χ1) is 2.41. The maximum absolute atomic E-state index is 9.06. The van der Waals surface area contributed by atoms with Gasteiger partial charge in [0.1, 0.15) is 0 Å². The molecule has 0 aliphatic rings. The minimum Gasteiger partial charge on any atom is -0.330 e. The van der Waals surface area contributed by atoms with E-state index in [1.807, 2.05) is 0 Å². The third kappa shape index (κ3) is 3.39. The number of nitrogens with zero attached hydrogens (tertiary/aromatic N) is 1. The van der Waals surface area contributed by atoms with Crippen LogP contribution in [0.25, 0.3) is 0 Å². The quantitative estimate of drug-likeness (QED) is 0.350. The molecule has 0 bridgehead atoms. The summed E-state index contributed by atoms with van der Waals surface area (Å²) >= 11 is 0. The third-order valence-electron chi connectivity index (χ3n) is 0.0781. The van der Waals surface area contributed by atoms with Crippen LogP contribution in [0.1, 0.15) is 0 Å². The van der Waals surface area contributed by atoms with Gasteiger partial charge in [-0.05, 0) is 0 Å². The third-order valence-corrected chi connectivity index (χ3v) is 0.234. The lowest BCUT2D eigenvalue weighted by Crippen LogP contribution is -1.43. The van der Waals surface area contributed by atoms with Gasteiger partial charge in [-0.1, -0.05) is 0 Å². The molecule has 3 nitrogen and oxygen atoms in total. The Kier molecular flexibility index (Phi) is 2.98. The van der Waals surface area contributed by atoms with Gasteiger partial charge < -0.3 is 4.52 Å². The van der Waals surface area contributed by atoms with Gasteiger partial charge in [0.15, 0.2) is 0 Å². The summed E-state index contributed by atoms with van der Waals surface area (Å²) in [6, 6.07) is 0. The lowest BCUT2D eigenvalue weighted by atomic mass is 11.6. The van der Waals surface area contributed by atoms with Gasteiger partial charge in [-0.25, -0.2) is 4.57 Å². The Morgan fingerprint density at radius 1 is 2.00 bits per heavy atom. The Morgan fingerprint density at radius 3 is 2.60 bits per heavy atom. The predicted molar refractivity (Wildman–Crippen MR) is 14.3 cm³/mol. The van der Waals surface area contributed by atoms with E-state index in [0.29, 0.717) is 0 Å². The van der Waals surface area contributed by atoms with Crippen LogP contribution in [0, 0.1) is 11.5 Å². The van der Waals surface area contributed by atoms with Gasteiger partial charge in [0.05, 0.1) is 0 Å². The van der Waals surface area contributed by atoms with Gasteiger partial charge in [0.2, 0.25) is 0 Å². The van der Waals surface area contributed by atoms with Gasteiger partial charge >= 0.3 is 8.69 Å². The number of nitriles is 1.